The summed E-state index contributed by atoms with van der Waals surface area (Å²) in [5.74, 6) is -0.0225. The summed E-state index contributed by atoms with van der Waals surface area (Å²) in [6.07, 6.45) is 0. The molecular formula is C12H14Br2N2O3S. The molecule has 20 heavy (non-hydrogen) atoms. The summed E-state index contributed by atoms with van der Waals surface area (Å²) < 4.78 is 27.9. The SMILES string of the molecule is CC(=O)N1CCN(S(=O)(=O)c2cc(Br)ccc2Br)CC1. The van der Waals surface area contributed by atoms with Crippen molar-refractivity contribution in [1.82, 2.24) is 9.21 Å². The Labute approximate surface area is 135 Å². The van der Waals surface area contributed by atoms with Gasteiger partial charge in [-0.3, -0.25) is 4.79 Å². The predicted molar refractivity (Wildman–Crippen MR) is 82.9 cm³/mol. The van der Waals surface area contributed by atoms with E-state index in [1.807, 2.05) is 0 Å². The van der Waals surface area contributed by atoms with Gasteiger partial charge in [-0.1, -0.05) is 15.9 Å². The van der Waals surface area contributed by atoms with Gasteiger partial charge in [-0.15, -0.1) is 0 Å². The van der Waals surface area contributed by atoms with Crippen LogP contribution >= 0.6 is 31.9 Å². The minimum atomic E-state index is -3.55. The molecule has 110 valence electrons. The zero-order valence-electron chi connectivity index (χ0n) is 10.8. The number of rotatable bonds is 2. The standard InChI is InChI=1S/C12H14Br2N2O3S/c1-9(17)15-4-6-16(7-5-15)20(18,19)12-8-10(13)2-3-11(12)14/h2-3,8H,4-7H2,1H3. The first-order chi connectivity index (χ1) is 9.32. The fourth-order valence-electron chi connectivity index (χ4n) is 2.06. The molecule has 5 nitrogen and oxygen atoms in total. The van der Waals surface area contributed by atoms with Gasteiger partial charge in [-0.2, -0.15) is 4.31 Å². The van der Waals surface area contributed by atoms with Crippen LogP contribution in [0.5, 0.6) is 0 Å². The lowest BCUT2D eigenvalue weighted by molar-refractivity contribution is -0.129. The van der Waals surface area contributed by atoms with Crippen LogP contribution in [-0.4, -0.2) is 49.7 Å². The van der Waals surface area contributed by atoms with Crippen LogP contribution in [-0.2, 0) is 14.8 Å². The molecule has 1 fully saturated rings. The summed E-state index contributed by atoms with van der Waals surface area (Å²) in [6, 6.07) is 5.05. The van der Waals surface area contributed by atoms with Gasteiger partial charge in [0.1, 0.15) is 0 Å². The molecule has 1 amide bonds. The molecule has 1 aliphatic rings. The third-order valence-electron chi connectivity index (χ3n) is 3.20. The maximum absolute atomic E-state index is 12.6. The molecule has 1 saturated heterocycles. The van der Waals surface area contributed by atoms with Crippen molar-refractivity contribution in [1.29, 1.82) is 0 Å². The minimum absolute atomic E-state index is 0.0225. The molecule has 1 aliphatic heterocycles. The summed E-state index contributed by atoms with van der Waals surface area (Å²) in [5, 5.41) is 0. The summed E-state index contributed by atoms with van der Waals surface area (Å²) in [4.78, 5) is 13.2. The van der Waals surface area contributed by atoms with E-state index in [4.69, 9.17) is 0 Å². The maximum atomic E-state index is 12.6. The van der Waals surface area contributed by atoms with Gasteiger partial charge in [0.2, 0.25) is 15.9 Å². The topological polar surface area (TPSA) is 57.7 Å². The molecule has 1 aromatic carbocycles. The number of amides is 1. The van der Waals surface area contributed by atoms with E-state index in [0.29, 0.717) is 35.1 Å². The molecule has 2 rings (SSSR count). The van der Waals surface area contributed by atoms with Gasteiger partial charge < -0.3 is 4.90 Å². The number of hydrogen-bond donors (Lipinski definition) is 0. The van der Waals surface area contributed by atoms with Gasteiger partial charge in [0, 0.05) is 42.0 Å². The van der Waals surface area contributed by atoms with Crippen LogP contribution in [0.4, 0.5) is 0 Å². The number of hydrogen-bond acceptors (Lipinski definition) is 3. The van der Waals surface area contributed by atoms with Gasteiger partial charge >= 0.3 is 0 Å². The normalized spacial score (nSPS) is 17.2. The predicted octanol–water partition coefficient (Wildman–Crippen LogP) is 2.06. The first-order valence-electron chi connectivity index (χ1n) is 6.03. The van der Waals surface area contributed by atoms with E-state index in [0.717, 1.165) is 0 Å². The molecule has 0 atom stereocenters. The molecule has 0 aliphatic carbocycles. The van der Waals surface area contributed by atoms with Crippen molar-refractivity contribution in [3.63, 3.8) is 0 Å². The maximum Gasteiger partial charge on any atom is 0.244 e. The molecule has 0 bridgehead atoms. The number of nitrogens with zero attached hydrogens (tertiary/aromatic N) is 2. The Bertz CT molecular complexity index is 626. The van der Waals surface area contributed by atoms with Gasteiger partial charge in [-0.05, 0) is 34.1 Å². The van der Waals surface area contributed by atoms with E-state index in [1.165, 1.54) is 11.2 Å². The Morgan fingerprint density at radius 2 is 1.75 bits per heavy atom. The molecule has 1 aromatic rings. The highest BCUT2D eigenvalue weighted by molar-refractivity contribution is 9.11. The van der Waals surface area contributed by atoms with Crippen molar-refractivity contribution in [2.24, 2.45) is 0 Å². The third kappa shape index (κ3) is 3.24. The van der Waals surface area contributed by atoms with Crippen LogP contribution in [0.25, 0.3) is 0 Å². The molecule has 0 aromatic heterocycles. The van der Waals surface area contributed by atoms with Gasteiger partial charge in [0.15, 0.2) is 0 Å². The van der Waals surface area contributed by atoms with E-state index in [2.05, 4.69) is 31.9 Å². The van der Waals surface area contributed by atoms with Gasteiger partial charge in [-0.25, -0.2) is 8.42 Å². The van der Waals surface area contributed by atoms with Gasteiger partial charge in [0.25, 0.3) is 0 Å². The largest absolute Gasteiger partial charge is 0.340 e. The number of carbonyl (C=O) groups excluding carboxylic acids is 1. The Hall–Kier alpha value is -0.440. The number of halogens is 2. The summed E-state index contributed by atoms with van der Waals surface area (Å²) >= 11 is 6.56. The second kappa shape index (κ2) is 6.13. The Morgan fingerprint density at radius 3 is 2.30 bits per heavy atom. The molecule has 0 unspecified atom stereocenters. The van der Waals surface area contributed by atoms with Crippen LogP contribution in [0.1, 0.15) is 6.92 Å². The fraction of sp³-hybridized carbons (Fsp3) is 0.417. The van der Waals surface area contributed by atoms with Crippen LogP contribution in [0.2, 0.25) is 0 Å². The number of benzene rings is 1. The Balaban J connectivity index is 2.24. The minimum Gasteiger partial charge on any atom is -0.340 e. The fourth-order valence-corrected chi connectivity index (χ4v) is 4.94. The molecular weight excluding hydrogens is 412 g/mol. The van der Waals surface area contributed by atoms with Crippen molar-refractivity contribution in [2.75, 3.05) is 26.2 Å². The number of sulfonamides is 1. The molecule has 0 saturated carbocycles. The highest BCUT2D eigenvalue weighted by atomic mass is 79.9. The second-order valence-electron chi connectivity index (χ2n) is 4.48. The van der Waals surface area contributed by atoms with Crippen LogP contribution in [0, 0.1) is 0 Å². The van der Waals surface area contributed by atoms with E-state index < -0.39 is 10.0 Å². The molecule has 0 radical (unpaired) electrons. The third-order valence-corrected chi connectivity index (χ3v) is 6.58. The zero-order valence-corrected chi connectivity index (χ0v) is 14.8. The van der Waals surface area contributed by atoms with Crippen molar-refractivity contribution in [3.8, 4) is 0 Å². The van der Waals surface area contributed by atoms with E-state index in [1.54, 1.807) is 23.1 Å². The van der Waals surface area contributed by atoms with E-state index >= 15 is 0 Å². The molecule has 0 spiro atoms. The zero-order chi connectivity index (χ0) is 14.9. The quantitative estimate of drug-likeness (QED) is 0.728. The summed E-state index contributed by atoms with van der Waals surface area (Å²) in [7, 11) is -3.55. The monoisotopic (exact) mass is 424 g/mol. The lowest BCUT2D eigenvalue weighted by Gasteiger charge is -2.33. The smallest absolute Gasteiger partial charge is 0.244 e. The van der Waals surface area contributed by atoms with Crippen LogP contribution in [0.15, 0.2) is 32.0 Å². The number of carbonyl (C=O) groups is 1. The average Bonchev–Trinajstić information content (AvgIpc) is 2.41. The Morgan fingerprint density at radius 1 is 1.15 bits per heavy atom. The lowest BCUT2D eigenvalue weighted by Crippen LogP contribution is -2.49. The van der Waals surface area contributed by atoms with Crippen molar-refractivity contribution in [2.45, 2.75) is 11.8 Å². The average molecular weight is 426 g/mol. The molecule has 8 heteroatoms. The van der Waals surface area contributed by atoms with Crippen LogP contribution in [0.3, 0.4) is 0 Å². The van der Waals surface area contributed by atoms with Gasteiger partial charge in [0.05, 0.1) is 4.90 Å². The number of piperazine rings is 1. The molecule has 1 heterocycles. The highest BCUT2D eigenvalue weighted by Gasteiger charge is 2.30. The Kier molecular flexibility index (Phi) is 4.88. The van der Waals surface area contributed by atoms with Crippen molar-refractivity contribution >= 4 is 47.8 Å². The van der Waals surface area contributed by atoms with Crippen molar-refractivity contribution in [3.05, 3.63) is 27.1 Å². The first kappa shape index (κ1) is 15.9. The second-order valence-corrected chi connectivity index (χ2v) is 8.16. The summed E-state index contributed by atoms with van der Waals surface area (Å²) in [6.45, 7) is 3.00. The van der Waals surface area contributed by atoms with Crippen LogP contribution < -0.4 is 0 Å². The molecule has 0 N–H and O–H groups in total. The summed E-state index contributed by atoms with van der Waals surface area (Å²) in [5.41, 5.74) is 0. The lowest BCUT2D eigenvalue weighted by atomic mass is 10.3. The first-order valence-corrected chi connectivity index (χ1v) is 9.05. The van der Waals surface area contributed by atoms with E-state index in [9.17, 15) is 13.2 Å². The highest BCUT2D eigenvalue weighted by Crippen LogP contribution is 2.28. The van der Waals surface area contributed by atoms with E-state index in [-0.39, 0.29) is 10.8 Å². The van der Waals surface area contributed by atoms with Crippen molar-refractivity contribution < 1.29 is 13.2 Å².